The smallest absolute Gasteiger partial charge is 0.219 e. The minimum atomic E-state index is -3.35. The lowest BCUT2D eigenvalue weighted by molar-refractivity contribution is 0.277. The number of nitrogens with zero attached hydrogens (tertiary/aromatic N) is 1. The first-order valence-corrected chi connectivity index (χ1v) is 7.53. The molecular formula is C11H25NO3S. The average molecular weight is 251 g/mol. The Kier molecular flexibility index (Phi) is 7.19. The first-order chi connectivity index (χ1) is 7.41. The zero-order valence-electron chi connectivity index (χ0n) is 10.8. The van der Waals surface area contributed by atoms with Crippen molar-refractivity contribution >= 4 is 10.0 Å². The number of rotatable bonds is 8. The SMILES string of the molecule is CCCCN(C(C)CC)S(=O)(=O)C(C)CO. The molecule has 5 heteroatoms. The number of hydrogen-bond donors (Lipinski definition) is 1. The monoisotopic (exact) mass is 251 g/mol. The van der Waals surface area contributed by atoms with Gasteiger partial charge in [-0.2, -0.15) is 4.31 Å². The lowest BCUT2D eigenvalue weighted by Crippen LogP contribution is -2.44. The lowest BCUT2D eigenvalue weighted by Gasteiger charge is -2.29. The third-order valence-electron chi connectivity index (χ3n) is 2.91. The molecule has 0 rings (SSSR count). The molecule has 0 aliphatic heterocycles. The molecule has 2 atom stereocenters. The van der Waals surface area contributed by atoms with Gasteiger partial charge in [-0.15, -0.1) is 0 Å². The Morgan fingerprint density at radius 3 is 2.19 bits per heavy atom. The molecule has 98 valence electrons. The van der Waals surface area contributed by atoms with Gasteiger partial charge in [0.25, 0.3) is 0 Å². The van der Waals surface area contributed by atoms with Gasteiger partial charge in [0.1, 0.15) is 0 Å². The summed E-state index contributed by atoms with van der Waals surface area (Å²) >= 11 is 0. The summed E-state index contributed by atoms with van der Waals surface area (Å²) in [5, 5.41) is 8.28. The number of aliphatic hydroxyl groups is 1. The van der Waals surface area contributed by atoms with Gasteiger partial charge in [-0.05, 0) is 26.7 Å². The van der Waals surface area contributed by atoms with Crippen LogP contribution in [0.1, 0.15) is 47.0 Å². The van der Waals surface area contributed by atoms with Crippen LogP contribution in [0.25, 0.3) is 0 Å². The van der Waals surface area contributed by atoms with Gasteiger partial charge in [0.15, 0.2) is 0 Å². The molecule has 0 saturated heterocycles. The molecule has 16 heavy (non-hydrogen) atoms. The highest BCUT2D eigenvalue weighted by Crippen LogP contribution is 2.16. The molecule has 0 heterocycles. The summed E-state index contributed by atoms with van der Waals surface area (Å²) in [5.74, 6) is 0. The Bertz CT molecular complexity index is 277. The zero-order valence-corrected chi connectivity index (χ0v) is 11.6. The highest BCUT2D eigenvalue weighted by molar-refractivity contribution is 7.89. The van der Waals surface area contributed by atoms with E-state index in [-0.39, 0.29) is 12.6 Å². The minimum Gasteiger partial charge on any atom is -0.395 e. The topological polar surface area (TPSA) is 57.6 Å². The van der Waals surface area contributed by atoms with Gasteiger partial charge in [-0.25, -0.2) is 8.42 Å². The van der Waals surface area contributed by atoms with Crippen LogP contribution in [0.3, 0.4) is 0 Å². The molecule has 0 aromatic carbocycles. The summed E-state index contributed by atoms with van der Waals surface area (Å²) in [6.07, 6.45) is 2.62. The highest BCUT2D eigenvalue weighted by atomic mass is 32.2. The molecule has 0 aliphatic carbocycles. The minimum absolute atomic E-state index is 0.00514. The number of sulfonamides is 1. The van der Waals surface area contributed by atoms with E-state index >= 15 is 0 Å². The molecule has 4 nitrogen and oxygen atoms in total. The van der Waals surface area contributed by atoms with E-state index in [1.165, 1.54) is 4.31 Å². The maximum Gasteiger partial charge on any atom is 0.219 e. The van der Waals surface area contributed by atoms with E-state index in [1.54, 1.807) is 6.92 Å². The van der Waals surface area contributed by atoms with Crippen molar-refractivity contribution in [2.45, 2.75) is 58.2 Å². The maximum atomic E-state index is 12.1. The normalized spacial score (nSPS) is 16.4. The molecule has 0 radical (unpaired) electrons. The van der Waals surface area contributed by atoms with Crippen LogP contribution >= 0.6 is 0 Å². The fourth-order valence-electron chi connectivity index (χ4n) is 1.44. The lowest BCUT2D eigenvalue weighted by atomic mass is 10.2. The maximum absolute atomic E-state index is 12.1. The first kappa shape index (κ1) is 15.9. The second-order valence-corrected chi connectivity index (χ2v) is 6.56. The van der Waals surface area contributed by atoms with Crippen LogP contribution in [0, 0.1) is 0 Å². The van der Waals surface area contributed by atoms with E-state index in [2.05, 4.69) is 0 Å². The van der Waals surface area contributed by atoms with E-state index in [4.69, 9.17) is 5.11 Å². The van der Waals surface area contributed by atoms with Crippen molar-refractivity contribution in [3.05, 3.63) is 0 Å². The molecule has 0 spiro atoms. The Labute approximate surface area is 99.7 Å². The molecule has 1 N–H and O–H groups in total. The van der Waals surface area contributed by atoms with Crippen molar-refractivity contribution in [2.75, 3.05) is 13.2 Å². The highest BCUT2D eigenvalue weighted by Gasteiger charge is 2.30. The Morgan fingerprint density at radius 2 is 1.81 bits per heavy atom. The van der Waals surface area contributed by atoms with E-state index in [0.717, 1.165) is 19.3 Å². The molecule has 0 aliphatic rings. The van der Waals surface area contributed by atoms with Crippen molar-refractivity contribution in [1.82, 2.24) is 4.31 Å². The molecule has 0 fully saturated rings. The summed E-state index contributed by atoms with van der Waals surface area (Å²) in [7, 11) is -3.35. The molecular weight excluding hydrogens is 226 g/mol. The number of aliphatic hydroxyl groups excluding tert-OH is 1. The van der Waals surface area contributed by atoms with E-state index in [1.807, 2.05) is 20.8 Å². The van der Waals surface area contributed by atoms with Crippen LogP contribution in [0.4, 0.5) is 0 Å². The number of unbranched alkanes of at least 4 members (excludes halogenated alkanes) is 1. The molecule has 0 saturated carbocycles. The van der Waals surface area contributed by atoms with Crippen LogP contribution in [0.15, 0.2) is 0 Å². The Balaban J connectivity index is 4.87. The summed E-state index contributed by atoms with van der Waals surface area (Å²) < 4.78 is 25.8. The second-order valence-electron chi connectivity index (χ2n) is 4.26. The summed E-state index contributed by atoms with van der Waals surface area (Å²) in [5.41, 5.74) is 0. The molecule has 0 bridgehead atoms. The van der Waals surface area contributed by atoms with Gasteiger partial charge >= 0.3 is 0 Å². The number of hydrogen-bond acceptors (Lipinski definition) is 3. The Hall–Kier alpha value is -0.130. The van der Waals surface area contributed by atoms with Crippen molar-refractivity contribution < 1.29 is 13.5 Å². The van der Waals surface area contributed by atoms with Gasteiger partial charge in [-0.1, -0.05) is 20.3 Å². The summed E-state index contributed by atoms with van der Waals surface area (Å²) in [4.78, 5) is 0. The average Bonchev–Trinajstić information content (AvgIpc) is 2.27. The first-order valence-electron chi connectivity index (χ1n) is 6.03. The predicted octanol–water partition coefficient (Wildman–Crippen LogP) is 1.60. The van der Waals surface area contributed by atoms with Crippen LogP contribution in [-0.4, -0.2) is 42.3 Å². The van der Waals surface area contributed by atoms with Gasteiger partial charge in [-0.3, -0.25) is 0 Å². The predicted molar refractivity (Wildman–Crippen MR) is 66.8 cm³/mol. The second kappa shape index (κ2) is 7.25. The third-order valence-corrected chi connectivity index (χ3v) is 5.27. The standard InChI is InChI=1S/C11H25NO3S/c1-5-7-8-12(10(3)6-2)16(14,15)11(4)9-13/h10-11,13H,5-9H2,1-4H3. The molecule has 0 aromatic rings. The van der Waals surface area contributed by atoms with Crippen molar-refractivity contribution in [1.29, 1.82) is 0 Å². The van der Waals surface area contributed by atoms with Crippen molar-refractivity contribution in [2.24, 2.45) is 0 Å². The quantitative estimate of drug-likeness (QED) is 0.713. The molecule has 2 unspecified atom stereocenters. The fraction of sp³-hybridized carbons (Fsp3) is 1.00. The van der Waals surface area contributed by atoms with E-state index in [0.29, 0.717) is 6.54 Å². The van der Waals surface area contributed by atoms with Gasteiger partial charge in [0.05, 0.1) is 11.9 Å². The van der Waals surface area contributed by atoms with Gasteiger partial charge in [0, 0.05) is 12.6 Å². The summed E-state index contributed by atoms with van der Waals surface area (Å²) in [6, 6.07) is 0.00514. The largest absolute Gasteiger partial charge is 0.395 e. The summed E-state index contributed by atoms with van der Waals surface area (Å²) in [6.45, 7) is 7.72. The van der Waals surface area contributed by atoms with Crippen LogP contribution in [0.2, 0.25) is 0 Å². The van der Waals surface area contributed by atoms with E-state index < -0.39 is 15.3 Å². The fourth-order valence-corrected chi connectivity index (χ4v) is 3.13. The van der Waals surface area contributed by atoms with Crippen LogP contribution in [-0.2, 0) is 10.0 Å². The Morgan fingerprint density at radius 1 is 1.25 bits per heavy atom. The van der Waals surface area contributed by atoms with Crippen LogP contribution < -0.4 is 0 Å². The molecule has 0 amide bonds. The van der Waals surface area contributed by atoms with Crippen molar-refractivity contribution in [3.8, 4) is 0 Å². The zero-order chi connectivity index (χ0) is 12.8. The van der Waals surface area contributed by atoms with E-state index in [9.17, 15) is 8.42 Å². The van der Waals surface area contributed by atoms with Crippen molar-refractivity contribution in [3.63, 3.8) is 0 Å². The van der Waals surface area contributed by atoms with Crippen LogP contribution in [0.5, 0.6) is 0 Å². The molecule has 0 aromatic heterocycles. The van der Waals surface area contributed by atoms with Gasteiger partial charge < -0.3 is 5.11 Å². The third kappa shape index (κ3) is 4.03. The van der Waals surface area contributed by atoms with Gasteiger partial charge in [0.2, 0.25) is 10.0 Å².